The molecule has 0 aromatic heterocycles. The summed E-state index contributed by atoms with van der Waals surface area (Å²) in [5, 5.41) is 5.56. The highest BCUT2D eigenvalue weighted by molar-refractivity contribution is 5.78. The van der Waals surface area contributed by atoms with Crippen molar-refractivity contribution in [3.8, 4) is 11.5 Å². The molecule has 2 aromatic carbocycles. The van der Waals surface area contributed by atoms with E-state index in [0.29, 0.717) is 31.0 Å². The van der Waals surface area contributed by atoms with E-state index in [1.165, 1.54) is 0 Å². The molecule has 6 heteroatoms. The summed E-state index contributed by atoms with van der Waals surface area (Å²) in [6.07, 6.45) is 0.630. The van der Waals surface area contributed by atoms with Crippen molar-refractivity contribution in [1.82, 2.24) is 10.6 Å². The van der Waals surface area contributed by atoms with Crippen molar-refractivity contribution in [1.29, 1.82) is 0 Å². The van der Waals surface area contributed by atoms with Crippen molar-refractivity contribution < 1.29 is 19.1 Å². The normalized spacial score (nSPS) is 10.3. The maximum atomic E-state index is 11.9. The van der Waals surface area contributed by atoms with Gasteiger partial charge in [0.15, 0.2) is 13.2 Å². The smallest absolute Gasteiger partial charge is 0.257 e. The third kappa shape index (κ3) is 8.68. The largest absolute Gasteiger partial charge is 0.484 e. The fraction of sp³-hybridized carbons (Fsp3) is 0.391. The zero-order chi connectivity index (χ0) is 21.2. The minimum Gasteiger partial charge on any atom is -0.484 e. The average molecular weight is 399 g/mol. The van der Waals surface area contributed by atoms with Gasteiger partial charge >= 0.3 is 0 Å². The van der Waals surface area contributed by atoms with E-state index in [9.17, 15) is 9.59 Å². The van der Waals surface area contributed by atoms with Gasteiger partial charge < -0.3 is 20.1 Å². The highest BCUT2D eigenvalue weighted by Crippen LogP contribution is 2.16. The van der Waals surface area contributed by atoms with Gasteiger partial charge in [-0.2, -0.15) is 0 Å². The van der Waals surface area contributed by atoms with E-state index in [0.717, 1.165) is 22.3 Å². The molecule has 0 saturated carbocycles. The number of hydrogen-bond acceptors (Lipinski definition) is 4. The number of aryl methyl sites for hydroxylation is 4. The lowest BCUT2D eigenvalue weighted by molar-refractivity contribution is -0.123. The van der Waals surface area contributed by atoms with Gasteiger partial charge in [0.05, 0.1) is 0 Å². The molecule has 2 aromatic rings. The number of carbonyl (C=O) groups is 2. The van der Waals surface area contributed by atoms with Crippen LogP contribution in [0.25, 0.3) is 0 Å². The van der Waals surface area contributed by atoms with E-state index in [-0.39, 0.29) is 25.0 Å². The van der Waals surface area contributed by atoms with Crippen LogP contribution in [0.3, 0.4) is 0 Å². The molecule has 0 atom stereocenters. The van der Waals surface area contributed by atoms with E-state index >= 15 is 0 Å². The van der Waals surface area contributed by atoms with Crippen molar-refractivity contribution in [3.05, 3.63) is 58.7 Å². The van der Waals surface area contributed by atoms with Gasteiger partial charge in [0.2, 0.25) is 0 Å². The number of ether oxygens (including phenoxy) is 2. The molecule has 2 amide bonds. The van der Waals surface area contributed by atoms with Crippen LogP contribution < -0.4 is 20.1 Å². The fourth-order valence-electron chi connectivity index (χ4n) is 2.98. The van der Waals surface area contributed by atoms with Gasteiger partial charge in [-0.25, -0.2) is 0 Å². The van der Waals surface area contributed by atoms with Crippen LogP contribution in [0, 0.1) is 27.7 Å². The van der Waals surface area contributed by atoms with Crippen molar-refractivity contribution in [2.45, 2.75) is 34.1 Å². The molecular weight excluding hydrogens is 368 g/mol. The first-order valence-electron chi connectivity index (χ1n) is 9.77. The lowest BCUT2D eigenvalue weighted by Gasteiger charge is -2.10. The van der Waals surface area contributed by atoms with Crippen LogP contribution in [0.5, 0.6) is 11.5 Å². The standard InChI is InChI=1S/C23H30N2O4/c1-16-8-17(2)11-20(10-16)28-14-22(26)24-6-5-7-25-23(27)15-29-21-12-18(3)9-19(4)13-21/h8-13H,5-7,14-15H2,1-4H3,(H,24,26)(H,25,27). The molecule has 2 N–H and O–H groups in total. The molecule has 0 aliphatic rings. The predicted octanol–water partition coefficient (Wildman–Crippen LogP) is 3.00. The monoisotopic (exact) mass is 398 g/mol. The highest BCUT2D eigenvalue weighted by atomic mass is 16.5. The molecule has 0 spiro atoms. The van der Waals surface area contributed by atoms with Gasteiger partial charge in [-0.1, -0.05) is 12.1 Å². The minimum absolute atomic E-state index is 0.0288. The van der Waals surface area contributed by atoms with Crippen LogP contribution in [0.1, 0.15) is 28.7 Å². The second-order valence-electron chi connectivity index (χ2n) is 7.28. The maximum absolute atomic E-state index is 11.9. The summed E-state index contributed by atoms with van der Waals surface area (Å²) in [5.74, 6) is 1.00. The molecule has 0 heterocycles. The summed E-state index contributed by atoms with van der Waals surface area (Å²) in [6, 6.07) is 11.7. The van der Waals surface area contributed by atoms with Crippen molar-refractivity contribution in [2.75, 3.05) is 26.3 Å². The van der Waals surface area contributed by atoms with Gasteiger partial charge in [0.25, 0.3) is 11.8 Å². The lowest BCUT2D eigenvalue weighted by Crippen LogP contribution is -2.34. The maximum Gasteiger partial charge on any atom is 0.257 e. The average Bonchev–Trinajstić information content (AvgIpc) is 2.63. The first-order chi connectivity index (χ1) is 13.8. The summed E-state index contributed by atoms with van der Waals surface area (Å²) in [5.41, 5.74) is 4.38. The SMILES string of the molecule is Cc1cc(C)cc(OCC(=O)NCCCNC(=O)COc2cc(C)cc(C)c2)c1. The number of benzene rings is 2. The number of nitrogens with one attached hydrogen (secondary N) is 2. The van der Waals surface area contributed by atoms with Crippen molar-refractivity contribution >= 4 is 11.8 Å². The third-order valence-electron chi connectivity index (χ3n) is 4.13. The van der Waals surface area contributed by atoms with Crippen LogP contribution in [0.4, 0.5) is 0 Å². The number of carbonyl (C=O) groups excluding carboxylic acids is 2. The zero-order valence-electron chi connectivity index (χ0n) is 17.6. The fourth-order valence-corrected chi connectivity index (χ4v) is 2.98. The topological polar surface area (TPSA) is 76.7 Å². The molecule has 0 saturated heterocycles. The van der Waals surface area contributed by atoms with E-state index in [1.54, 1.807) is 0 Å². The van der Waals surface area contributed by atoms with Gasteiger partial charge in [0, 0.05) is 13.1 Å². The number of amides is 2. The van der Waals surface area contributed by atoms with E-state index in [1.807, 2.05) is 64.1 Å². The van der Waals surface area contributed by atoms with Crippen molar-refractivity contribution in [3.63, 3.8) is 0 Å². The summed E-state index contributed by atoms with van der Waals surface area (Å²) in [4.78, 5) is 23.7. The van der Waals surface area contributed by atoms with Crippen LogP contribution in [-0.2, 0) is 9.59 Å². The Balaban J connectivity index is 1.56. The molecule has 2 rings (SSSR count). The second kappa shape index (κ2) is 11.1. The van der Waals surface area contributed by atoms with Crippen LogP contribution in [0.15, 0.2) is 36.4 Å². The van der Waals surface area contributed by atoms with Gasteiger partial charge in [-0.15, -0.1) is 0 Å². The van der Waals surface area contributed by atoms with Crippen LogP contribution in [0.2, 0.25) is 0 Å². The molecule has 0 bridgehead atoms. The molecule has 0 aliphatic heterocycles. The Labute approximate surface area is 172 Å². The zero-order valence-corrected chi connectivity index (χ0v) is 17.6. The van der Waals surface area contributed by atoms with E-state index < -0.39 is 0 Å². The Morgan fingerprint density at radius 2 is 1.00 bits per heavy atom. The Bertz CT molecular complexity index is 739. The first-order valence-corrected chi connectivity index (χ1v) is 9.77. The van der Waals surface area contributed by atoms with Gasteiger partial charge in [0.1, 0.15) is 11.5 Å². The van der Waals surface area contributed by atoms with Gasteiger partial charge in [-0.3, -0.25) is 9.59 Å². The Morgan fingerprint density at radius 1 is 0.655 bits per heavy atom. The minimum atomic E-state index is -0.186. The summed E-state index contributed by atoms with van der Waals surface area (Å²) in [7, 11) is 0. The Morgan fingerprint density at radius 3 is 1.34 bits per heavy atom. The molecule has 0 radical (unpaired) electrons. The molecule has 0 unspecified atom stereocenters. The molecule has 0 aliphatic carbocycles. The number of hydrogen-bond donors (Lipinski definition) is 2. The molecule has 156 valence electrons. The van der Waals surface area contributed by atoms with Crippen molar-refractivity contribution in [2.24, 2.45) is 0 Å². The van der Waals surface area contributed by atoms with Crippen LogP contribution in [-0.4, -0.2) is 38.1 Å². The third-order valence-corrected chi connectivity index (χ3v) is 4.13. The summed E-state index contributed by atoms with van der Waals surface area (Å²) < 4.78 is 11.0. The Kier molecular flexibility index (Phi) is 8.52. The molecule has 29 heavy (non-hydrogen) atoms. The molecular formula is C23H30N2O4. The summed E-state index contributed by atoms with van der Waals surface area (Å²) in [6.45, 7) is 8.82. The first kappa shape index (κ1) is 22.3. The molecule has 0 fully saturated rings. The second-order valence-corrected chi connectivity index (χ2v) is 7.28. The summed E-state index contributed by atoms with van der Waals surface area (Å²) >= 11 is 0. The van der Waals surface area contributed by atoms with E-state index in [2.05, 4.69) is 10.6 Å². The lowest BCUT2D eigenvalue weighted by atomic mass is 10.1. The predicted molar refractivity (Wildman–Crippen MR) is 113 cm³/mol. The number of rotatable bonds is 10. The van der Waals surface area contributed by atoms with Crippen LogP contribution >= 0.6 is 0 Å². The highest BCUT2D eigenvalue weighted by Gasteiger charge is 2.05. The van der Waals surface area contributed by atoms with Gasteiger partial charge in [-0.05, 0) is 80.6 Å². The Hall–Kier alpha value is -3.02. The molecule has 6 nitrogen and oxygen atoms in total. The van der Waals surface area contributed by atoms with E-state index in [4.69, 9.17) is 9.47 Å². The quantitative estimate of drug-likeness (QED) is 0.603.